The Labute approximate surface area is 212 Å². The molecule has 1 saturated heterocycles. The number of likely N-dealkylation sites (tertiary alicyclic amines) is 1. The zero-order chi connectivity index (χ0) is 24.7. The second kappa shape index (κ2) is 12.1. The van der Waals surface area contributed by atoms with Gasteiger partial charge in [-0.1, -0.05) is 17.7 Å². The van der Waals surface area contributed by atoms with E-state index in [-0.39, 0.29) is 12.0 Å². The van der Waals surface area contributed by atoms with Crippen LogP contribution in [0, 0.1) is 5.41 Å². The normalized spacial score (nSPS) is 16.9. The van der Waals surface area contributed by atoms with Crippen LogP contribution in [0.1, 0.15) is 56.0 Å². The number of fused-ring (bicyclic) bond motifs is 1. The fourth-order valence-corrected chi connectivity index (χ4v) is 5.39. The second-order valence-corrected chi connectivity index (χ2v) is 10.1. The summed E-state index contributed by atoms with van der Waals surface area (Å²) in [5.74, 6) is 0.647. The van der Waals surface area contributed by atoms with Gasteiger partial charge in [-0.05, 0) is 100 Å². The van der Waals surface area contributed by atoms with Crippen LogP contribution < -0.4 is 4.74 Å². The number of aliphatic hydroxyl groups is 1. The molecule has 1 aliphatic rings. The molecule has 1 N–H and O–H groups in total. The number of hydrogen-bond donors (Lipinski definition) is 1. The summed E-state index contributed by atoms with van der Waals surface area (Å²) in [5.41, 5.74) is 2.07. The number of piperidine rings is 1. The van der Waals surface area contributed by atoms with Crippen LogP contribution in [0.15, 0.2) is 48.8 Å². The third kappa shape index (κ3) is 6.49. The number of unbranched alkanes of at least 4 members (excludes halogenated alkanes) is 1. The lowest BCUT2D eigenvalue weighted by molar-refractivity contribution is 0.0298. The zero-order valence-corrected chi connectivity index (χ0v) is 21.2. The molecule has 2 aromatic heterocycles. The molecule has 0 bridgehead atoms. The maximum Gasteiger partial charge on any atom is 0.127 e. The van der Waals surface area contributed by atoms with Crippen LogP contribution in [-0.2, 0) is 6.42 Å². The molecular formula is C28H35ClFN3O2. The number of rotatable bonds is 11. The van der Waals surface area contributed by atoms with Crippen molar-refractivity contribution in [3.63, 3.8) is 0 Å². The highest BCUT2D eigenvalue weighted by Crippen LogP contribution is 2.41. The summed E-state index contributed by atoms with van der Waals surface area (Å²) in [4.78, 5) is 11.2. The largest absolute Gasteiger partial charge is 0.497 e. The fourth-order valence-electron chi connectivity index (χ4n) is 5.12. The van der Waals surface area contributed by atoms with E-state index in [4.69, 9.17) is 16.3 Å². The lowest BCUT2D eigenvalue weighted by Gasteiger charge is -2.41. The molecule has 1 aliphatic heterocycles. The number of pyridine rings is 2. The van der Waals surface area contributed by atoms with Crippen molar-refractivity contribution >= 4 is 22.5 Å². The second-order valence-electron chi connectivity index (χ2n) is 9.69. The minimum atomic E-state index is -1.23. The number of ether oxygens (including phenoxy) is 1. The first kappa shape index (κ1) is 25.8. The lowest BCUT2D eigenvalue weighted by Crippen LogP contribution is -2.42. The lowest BCUT2D eigenvalue weighted by atomic mass is 9.74. The number of aliphatic hydroxyl groups excluding tert-OH is 1. The molecule has 0 radical (unpaired) electrons. The van der Waals surface area contributed by atoms with Crippen molar-refractivity contribution in [2.24, 2.45) is 5.41 Å². The zero-order valence-electron chi connectivity index (χ0n) is 20.4. The molecule has 188 valence electrons. The molecule has 3 heterocycles. The van der Waals surface area contributed by atoms with E-state index in [0.29, 0.717) is 40.1 Å². The van der Waals surface area contributed by atoms with Crippen molar-refractivity contribution in [1.29, 1.82) is 0 Å². The number of hydrogen-bond acceptors (Lipinski definition) is 5. The van der Waals surface area contributed by atoms with E-state index in [9.17, 15) is 5.11 Å². The standard InChI is InChI=1S/C28H35ClFN3O2/c1-35-22-8-9-26-23(18-22)27(24(29)19-32-26)25(30)10-11-28(20-34)12-16-33(17-13-28)15-5-3-7-21-6-2-4-14-31-21/h2,4,6,8-9,14,18-19,25,34H,3,5,7,10-13,15-17,20H2,1H3/t25-/m0/s1. The summed E-state index contributed by atoms with van der Waals surface area (Å²) in [5, 5.41) is 11.3. The highest BCUT2D eigenvalue weighted by Gasteiger charge is 2.35. The number of aryl methyl sites for hydroxylation is 1. The molecule has 4 rings (SSSR count). The summed E-state index contributed by atoms with van der Waals surface area (Å²) < 4.78 is 20.9. The highest BCUT2D eigenvalue weighted by molar-refractivity contribution is 6.32. The monoisotopic (exact) mass is 499 g/mol. The van der Waals surface area contributed by atoms with Crippen LogP contribution >= 0.6 is 11.6 Å². The van der Waals surface area contributed by atoms with Crippen LogP contribution in [0.3, 0.4) is 0 Å². The van der Waals surface area contributed by atoms with E-state index in [0.717, 1.165) is 57.4 Å². The molecule has 0 amide bonds. The van der Waals surface area contributed by atoms with Crippen molar-refractivity contribution in [1.82, 2.24) is 14.9 Å². The number of nitrogens with zero attached hydrogens (tertiary/aromatic N) is 3. The topological polar surface area (TPSA) is 58.5 Å². The first-order chi connectivity index (χ1) is 17.0. The molecule has 0 aliphatic carbocycles. The van der Waals surface area contributed by atoms with Gasteiger partial charge in [0.2, 0.25) is 0 Å². The van der Waals surface area contributed by atoms with Gasteiger partial charge in [0.15, 0.2) is 0 Å². The molecule has 1 atom stereocenters. The average Bonchev–Trinajstić information content (AvgIpc) is 2.90. The minimum absolute atomic E-state index is 0.0892. The van der Waals surface area contributed by atoms with Crippen LogP contribution in [0.4, 0.5) is 4.39 Å². The van der Waals surface area contributed by atoms with Gasteiger partial charge in [0.1, 0.15) is 11.9 Å². The molecule has 0 unspecified atom stereocenters. The van der Waals surface area contributed by atoms with E-state index in [1.165, 1.54) is 6.20 Å². The van der Waals surface area contributed by atoms with Crippen LogP contribution in [0.25, 0.3) is 10.9 Å². The number of aromatic nitrogens is 2. The van der Waals surface area contributed by atoms with Gasteiger partial charge in [0.25, 0.3) is 0 Å². The van der Waals surface area contributed by atoms with Gasteiger partial charge in [-0.2, -0.15) is 0 Å². The van der Waals surface area contributed by atoms with Crippen molar-refractivity contribution < 1.29 is 14.2 Å². The van der Waals surface area contributed by atoms with Gasteiger partial charge in [-0.15, -0.1) is 0 Å². The Balaban J connectivity index is 1.30. The van der Waals surface area contributed by atoms with E-state index < -0.39 is 6.17 Å². The van der Waals surface area contributed by atoms with Gasteiger partial charge in [-0.25, -0.2) is 4.39 Å². The quantitative estimate of drug-likeness (QED) is 0.319. The van der Waals surface area contributed by atoms with Crippen molar-refractivity contribution in [2.45, 2.75) is 51.1 Å². The van der Waals surface area contributed by atoms with Gasteiger partial charge in [0, 0.05) is 35.6 Å². The van der Waals surface area contributed by atoms with Crippen molar-refractivity contribution in [3.8, 4) is 5.75 Å². The number of benzene rings is 1. The predicted molar refractivity (Wildman–Crippen MR) is 139 cm³/mol. The molecule has 5 nitrogen and oxygen atoms in total. The Hall–Kier alpha value is -2.28. The summed E-state index contributed by atoms with van der Waals surface area (Å²) >= 11 is 6.40. The van der Waals surface area contributed by atoms with Crippen molar-refractivity contribution in [2.75, 3.05) is 33.4 Å². The predicted octanol–water partition coefficient (Wildman–Crippen LogP) is 6.18. The van der Waals surface area contributed by atoms with E-state index >= 15 is 4.39 Å². The summed E-state index contributed by atoms with van der Waals surface area (Å²) in [6, 6.07) is 11.5. The number of methoxy groups -OCH3 is 1. The Morgan fingerprint density at radius 1 is 1.17 bits per heavy atom. The highest BCUT2D eigenvalue weighted by atomic mass is 35.5. The maximum absolute atomic E-state index is 15.6. The SMILES string of the molecule is COc1ccc2ncc(Cl)c([C@@H](F)CCC3(CO)CCN(CCCCc4ccccn4)CC3)c2c1. The summed E-state index contributed by atoms with van der Waals surface area (Å²) in [7, 11) is 1.59. The maximum atomic E-state index is 15.6. The van der Waals surface area contributed by atoms with E-state index in [1.807, 2.05) is 30.5 Å². The smallest absolute Gasteiger partial charge is 0.127 e. The van der Waals surface area contributed by atoms with Crippen LogP contribution in [0.2, 0.25) is 5.02 Å². The minimum Gasteiger partial charge on any atom is -0.497 e. The Morgan fingerprint density at radius 2 is 2.00 bits per heavy atom. The molecule has 7 heteroatoms. The average molecular weight is 500 g/mol. The van der Waals surface area contributed by atoms with E-state index in [2.05, 4.69) is 20.9 Å². The first-order valence-electron chi connectivity index (χ1n) is 12.5. The molecule has 3 aromatic rings. The van der Waals surface area contributed by atoms with Gasteiger partial charge >= 0.3 is 0 Å². The molecule has 35 heavy (non-hydrogen) atoms. The van der Waals surface area contributed by atoms with Crippen LogP contribution in [-0.4, -0.2) is 53.3 Å². The molecule has 0 saturated carbocycles. The molecule has 1 fully saturated rings. The Morgan fingerprint density at radius 3 is 2.71 bits per heavy atom. The Bertz CT molecular complexity index is 1090. The third-order valence-corrected chi connectivity index (χ3v) is 7.75. The number of halogens is 2. The molecule has 1 aromatic carbocycles. The third-order valence-electron chi connectivity index (χ3n) is 7.45. The fraction of sp³-hybridized carbons (Fsp3) is 0.500. The van der Waals surface area contributed by atoms with Gasteiger partial charge in [0.05, 0.1) is 17.6 Å². The van der Waals surface area contributed by atoms with Crippen molar-refractivity contribution in [3.05, 3.63) is 65.1 Å². The van der Waals surface area contributed by atoms with Gasteiger partial charge in [-0.3, -0.25) is 9.97 Å². The summed E-state index contributed by atoms with van der Waals surface area (Å²) in [6.07, 6.45) is 8.11. The Kier molecular flexibility index (Phi) is 8.93. The van der Waals surface area contributed by atoms with E-state index in [1.54, 1.807) is 13.2 Å². The summed E-state index contributed by atoms with van der Waals surface area (Å²) in [6.45, 7) is 3.03. The number of alkyl halides is 1. The first-order valence-corrected chi connectivity index (χ1v) is 12.9. The molecule has 0 spiro atoms. The molecular weight excluding hydrogens is 465 g/mol. The van der Waals surface area contributed by atoms with Gasteiger partial charge < -0.3 is 14.7 Å². The van der Waals surface area contributed by atoms with Crippen LogP contribution in [0.5, 0.6) is 5.75 Å².